The molecule has 1 atom stereocenters. The first-order valence-corrected chi connectivity index (χ1v) is 7.80. The van der Waals surface area contributed by atoms with Crippen molar-refractivity contribution in [2.75, 3.05) is 6.61 Å². The third-order valence-corrected chi connectivity index (χ3v) is 3.89. The van der Waals surface area contributed by atoms with Gasteiger partial charge in [0.25, 0.3) is 5.91 Å². The van der Waals surface area contributed by atoms with E-state index in [1.807, 2.05) is 12.1 Å². The van der Waals surface area contributed by atoms with Crippen LogP contribution in [0.15, 0.2) is 18.2 Å². The normalized spacial score (nSPS) is 14.8. The number of carbonyl (C=O) groups excluding carboxylic acids is 1. The van der Waals surface area contributed by atoms with Gasteiger partial charge in [-0.05, 0) is 62.3 Å². The molecule has 0 heterocycles. The second-order valence-electron chi connectivity index (χ2n) is 5.83. The van der Waals surface area contributed by atoms with Crippen LogP contribution in [0, 0.1) is 0 Å². The first kappa shape index (κ1) is 16.3. The van der Waals surface area contributed by atoms with Crippen molar-refractivity contribution in [3.8, 4) is 5.75 Å². The van der Waals surface area contributed by atoms with Crippen LogP contribution in [0.5, 0.6) is 5.75 Å². The lowest BCUT2D eigenvalue weighted by Gasteiger charge is -2.17. The highest BCUT2D eigenvalue weighted by atomic mass is 16.5. The highest BCUT2D eigenvalue weighted by molar-refractivity contribution is 5.77. The summed E-state index contributed by atoms with van der Waals surface area (Å²) in [4.78, 5) is 22.3. The van der Waals surface area contributed by atoms with Gasteiger partial charge in [-0.25, -0.2) is 0 Å². The van der Waals surface area contributed by atoms with Crippen LogP contribution in [-0.2, 0) is 22.4 Å². The lowest BCUT2D eigenvalue weighted by molar-refractivity contribution is -0.137. The van der Waals surface area contributed by atoms with E-state index in [9.17, 15) is 9.59 Å². The Morgan fingerprint density at radius 1 is 1.27 bits per heavy atom. The van der Waals surface area contributed by atoms with Gasteiger partial charge in [0, 0.05) is 12.5 Å². The van der Waals surface area contributed by atoms with Crippen LogP contribution in [0.4, 0.5) is 0 Å². The van der Waals surface area contributed by atoms with E-state index in [2.05, 4.69) is 11.4 Å². The molecule has 1 aromatic rings. The Hall–Kier alpha value is -2.04. The minimum atomic E-state index is -0.855. The molecule has 2 rings (SSSR count). The zero-order valence-electron chi connectivity index (χ0n) is 12.9. The summed E-state index contributed by atoms with van der Waals surface area (Å²) in [6.07, 6.45) is 5.11. The van der Waals surface area contributed by atoms with Crippen LogP contribution in [0.2, 0.25) is 0 Å². The SMILES string of the molecule is CC(CCC(=O)O)NC(=O)COc1ccc2c(c1)CCCC2. The van der Waals surface area contributed by atoms with Gasteiger partial charge in [-0.3, -0.25) is 9.59 Å². The zero-order chi connectivity index (χ0) is 15.9. The van der Waals surface area contributed by atoms with E-state index in [0.29, 0.717) is 12.2 Å². The van der Waals surface area contributed by atoms with E-state index >= 15 is 0 Å². The molecule has 1 aliphatic carbocycles. The van der Waals surface area contributed by atoms with Gasteiger partial charge >= 0.3 is 5.97 Å². The minimum Gasteiger partial charge on any atom is -0.484 e. The number of carboxylic acid groups (broad SMARTS) is 1. The van der Waals surface area contributed by atoms with Gasteiger partial charge in [0.2, 0.25) is 0 Å². The molecular weight excluding hydrogens is 282 g/mol. The highest BCUT2D eigenvalue weighted by Gasteiger charge is 2.12. The van der Waals surface area contributed by atoms with Crippen LogP contribution in [-0.4, -0.2) is 29.6 Å². The molecule has 2 N–H and O–H groups in total. The molecule has 1 unspecified atom stereocenters. The molecule has 0 saturated carbocycles. The van der Waals surface area contributed by atoms with Crippen LogP contribution >= 0.6 is 0 Å². The molecule has 120 valence electrons. The zero-order valence-corrected chi connectivity index (χ0v) is 12.9. The Labute approximate surface area is 130 Å². The molecule has 0 bridgehead atoms. The number of aryl methyl sites for hydroxylation is 2. The van der Waals surface area contributed by atoms with Crippen LogP contribution in [0.1, 0.15) is 43.7 Å². The van der Waals surface area contributed by atoms with Crippen molar-refractivity contribution < 1.29 is 19.4 Å². The summed E-state index contributed by atoms with van der Waals surface area (Å²) in [5.41, 5.74) is 2.70. The molecule has 0 radical (unpaired) electrons. The smallest absolute Gasteiger partial charge is 0.303 e. The van der Waals surface area contributed by atoms with E-state index in [4.69, 9.17) is 9.84 Å². The minimum absolute atomic E-state index is 0.0454. The van der Waals surface area contributed by atoms with Gasteiger partial charge in [-0.1, -0.05) is 6.07 Å². The third kappa shape index (κ3) is 5.06. The Balaban J connectivity index is 1.77. The number of ether oxygens (including phenoxy) is 1. The second kappa shape index (κ2) is 7.82. The maximum Gasteiger partial charge on any atom is 0.303 e. The Bertz CT molecular complexity index is 541. The number of carboxylic acids is 1. The topological polar surface area (TPSA) is 75.6 Å². The van der Waals surface area contributed by atoms with Crippen molar-refractivity contribution in [2.24, 2.45) is 0 Å². The monoisotopic (exact) mass is 305 g/mol. The van der Waals surface area contributed by atoms with Gasteiger partial charge in [-0.15, -0.1) is 0 Å². The summed E-state index contributed by atoms with van der Waals surface area (Å²) in [5, 5.41) is 11.3. The maximum absolute atomic E-state index is 11.8. The quantitative estimate of drug-likeness (QED) is 0.810. The average molecular weight is 305 g/mol. The number of benzene rings is 1. The largest absolute Gasteiger partial charge is 0.484 e. The number of aliphatic carboxylic acids is 1. The van der Waals surface area contributed by atoms with Crippen molar-refractivity contribution in [2.45, 2.75) is 51.5 Å². The molecule has 1 amide bonds. The van der Waals surface area contributed by atoms with E-state index in [-0.39, 0.29) is 25.0 Å². The molecule has 0 aromatic heterocycles. The summed E-state index contributed by atoms with van der Waals surface area (Å²) < 4.78 is 5.53. The van der Waals surface area contributed by atoms with Gasteiger partial charge in [-0.2, -0.15) is 0 Å². The summed E-state index contributed by atoms with van der Waals surface area (Å²) in [6, 6.07) is 5.84. The van der Waals surface area contributed by atoms with E-state index in [0.717, 1.165) is 12.8 Å². The summed E-state index contributed by atoms with van der Waals surface area (Å²) in [5.74, 6) is -0.365. The standard InChI is InChI=1S/C17H23NO4/c1-12(6-9-17(20)21)18-16(19)11-22-15-8-7-13-4-2-3-5-14(13)10-15/h7-8,10,12H,2-6,9,11H2,1H3,(H,18,19)(H,20,21). The molecular formula is C17H23NO4. The van der Waals surface area contributed by atoms with Crippen LogP contribution in [0.3, 0.4) is 0 Å². The number of rotatable bonds is 7. The fraction of sp³-hybridized carbons (Fsp3) is 0.529. The number of hydrogen-bond acceptors (Lipinski definition) is 3. The Morgan fingerprint density at radius 2 is 2.00 bits per heavy atom. The lowest BCUT2D eigenvalue weighted by atomic mass is 9.92. The highest BCUT2D eigenvalue weighted by Crippen LogP contribution is 2.25. The van der Waals surface area contributed by atoms with Gasteiger partial charge in [0.05, 0.1) is 0 Å². The molecule has 0 aliphatic heterocycles. The number of amides is 1. The summed E-state index contributed by atoms with van der Waals surface area (Å²) in [7, 11) is 0. The molecule has 0 saturated heterocycles. The van der Waals surface area contributed by atoms with E-state index in [1.165, 1.54) is 24.0 Å². The predicted octanol–water partition coefficient (Wildman–Crippen LogP) is 2.31. The van der Waals surface area contributed by atoms with Crippen LogP contribution < -0.4 is 10.1 Å². The molecule has 1 aliphatic rings. The van der Waals surface area contributed by atoms with Crippen molar-refractivity contribution in [3.63, 3.8) is 0 Å². The molecule has 5 heteroatoms. The summed E-state index contributed by atoms with van der Waals surface area (Å²) >= 11 is 0. The maximum atomic E-state index is 11.8. The van der Waals surface area contributed by atoms with Crippen molar-refractivity contribution in [3.05, 3.63) is 29.3 Å². The summed E-state index contributed by atoms with van der Waals surface area (Å²) in [6.45, 7) is 1.75. The van der Waals surface area contributed by atoms with Gasteiger partial charge in [0.15, 0.2) is 6.61 Å². The molecule has 0 fully saturated rings. The molecule has 5 nitrogen and oxygen atoms in total. The van der Waals surface area contributed by atoms with Crippen molar-refractivity contribution >= 4 is 11.9 Å². The number of nitrogens with one attached hydrogen (secondary N) is 1. The Morgan fingerprint density at radius 3 is 2.73 bits per heavy atom. The molecule has 0 spiro atoms. The fourth-order valence-corrected chi connectivity index (χ4v) is 2.68. The first-order chi connectivity index (χ1) is 10.5. The predicted molar refractivity (Wildman–Crippen MR) is 83.1 cm³/mol. The van der Waals surface area contributed by atoms with E-state index in [1.54, 1.807) is 6.92 Å². The second-order valence-corrected chi connectivity index (χ2v) is 5.83. The first-order valence-electron chi connectivity index (χ1n) is 7.80. The number of carbonyl (C=O) groups is 2. The van der Waals surface area contributed by atoms with Gasteiger partial charge < -0.3 is 15.2 Å². The number of fused-ring (bicyclic) bond motifs is 1. The molecule has 22 heavy (non-hydrogen) atoms. The van der Waals surface area contributed by atoms with Crippen molar-refractivity contribution in [1.29, 1.82) is 0 Å². The lowest BCUT2D eigenvalue weighted by Crippen LogP contribution is -2.36. The van der Waals surface area contributed by atoms with Crippen molar-refractivity contribution in [1.82, 2.24) is 5.32 Å². The third-order valence-electron chi connectivity index (χ3n) is 3.89. The average Bonchev–Trinajstić information content (AvgIpc) is 2.50. The number of hydrogen-bond donors (Lipinski definition) is 2. The fourth-order valence-electron chi connectivity index (χ4n) is 2.68. The van der Waals surface area contributed by atoms with E-state index < -0.39 is 5.97 Å². The van der Waals surface area contributed by atoms with Gasteiger partial charge in [0.1, 0.15) is 5.75 Å². The molecule has 1 aromatic carbocycles. The van der Waals surface area contributed by atoms with Crippen LogP contribution in [0.25, 0.3) is 0 Å². The Kier molecular flexibility index (Phi) is 5.81.